The van der Waals surface area contributed by atoms with Crippen LogP contribution in [0, 0.1) is 23.2 Å². The quantitative estimate of drug-likeness (QED) is 0.866. The van der Waals surface area contributed by atoms with E-state index in [1.54, 1.807) is 0 Å². The number of hydrogen-bond acceptors (Lipinski definition) is 3. The molecule has 2 saturated carbocycles. The average molecular weight is 293 g/mol. The summed E-state index contributed by atoms with van der Waals surface area (Å²) in [6, 6.07) is 1.44. The first-order chi connectivity index (χ1) is 10.0. The van der Waals surface area contributed by atoms with E-state index in [4.69, 9.17) is 5.26 Å². The standard InChI is InChI=1S/C16H24FN3O/c1-16(6-11-3-2-4-12(11)7-16)19-9-15(21)20-10-13(17)5-14(20)8-18/h11-14,19H,2-7,9-10H2,1H3. The summed E-state index contributed by atoms with van der Waals surface area (Å²) in [6.45, 7) is 2.49. The number of amides is 1. The third kappa shape index (κ3) is 2.91. The Morgan fingerprint density at radius 1 is 1.43 bits per heavy atom. The first-order valence-electron chi connectivity index (χ1n) is 8.09. The fourth-order valence-corrected chi connectivity index (χ4v) is 4.61. The number of nitrogens with zero attached hydrogens (tertiary/aromatic N) is 2. The summed E-state index contributed by atoms with van der Waals surface area (Å²) in [4.78, 5) is 13.7. The molecule has 0 spiro atoms. The molecule has 3 aliphatic rings. The molecule has 2 aliphatic carbocycles. The van der Waals surface area contributed by atoms with E-state index in [1.807, 2.05) is 6.07 Å². The second-order valence-electron chi connectivity index (χ2n) is 7.30. The number of fused-ring (bicyclic) bond motifs is 1. The Morgan fingerprint density at radius 2 is 2.10 bits per heavy atom. The van der Waals surface area contributed by atoms with E-state index < -0.39 is 12.2 Å². The van der Waals surface area contributed by atoms with Gasteiger partial charge in [0.2, 0.25) is 5.91 Å². The van der Waals surface area contributed by atoms with Crippen molar-refractivity contribution in [3.8, 4) is 6.07 Å². The van der Waals surface area contributed by atoms with Crippen molar-refractivity contribution in [3.63, 3.8) is 0 Å². The average Bonchev–Trinajstić information content (AvgIpc) is 3.09. The third-order valence-corrected chi connectivity index (χ3v) is 5.63. The van der Waals surface area contributed by atoms with E-state index in [-0.39, 0.29) is 31.0 Å². The van der Waals surface area contributed by atoms with Gasteiger partial charge in [0.05, 0.1) is 19.2 Å². The zero-order chi connectivity index (χ0) is 15.0. The highest BCUT2D eigenvalue weighted by atomic mass is 19.1. The summed E-state index contributed by atoms with van der Waals surface area (Å²) < 4.78 is 13.4. The molecular weight excluding hydrogens is 269 g/mol. The van der Waals surface area contributed by atoms with Gasteiger partial charge in [0.15, 0.2) is 0 Å². The Labute approximate surface area is 125 Å². The highest BCUT2D eigenvalue weighted by Crippen LogP contribution is 2.48. The molecular formula is C16H24FN3O. The number of rotatable bonds is 3. The SMILES string of the molecule is CC1(NCC(=O)N2CC(F)CC2C#N)CC2CCCC2C1. The number of carbonyl (C=O) groups excluding carboxylic acids is 1. The van der Waals surface area contributed by atoms with Crippen LogP contribution in [0.3, 0.4) is 0 Å². The van der Waals surface area contributed by atoms with Gasteiger partial charge in [0.25, 0.3) is 0 Å². The van der Waals surface area contributed by atoms with Crippen LogP contribution in [0.25, 0.3) is 0 Å². The van der Waals surface area contributed by atoms with Crippen LogP contribution < -0.4 is 5.32 Å². The zero-order valence-electron chi connectivity index (χ0n) is 12.6. The highest BCUT2D eigenvalue weighted by Gasteiger charge is 2.44. The van der Waals surface area contributed by atoms with Gasteiger partial charge in [-0.2, -0.15) is 5.26 Å². The Hall–Kier alpha value is -1.15. The maximum absolute atomic E-state index is 13.4. The maximum atomic E-state index is 13.4. The van der Waals surface area contributed by atoms with Gasteiger partial charge in [-0.15, -0.1) is 0 Å². The predicted octanol–water partition coefficient (Wildman–Crippen LogP) is 2.01. The normalized spacial score (nSPS) is 42.0. The number of alkyl halides is 1. The molecule has 1 aliphatic heterocycles. The molecule has 1 amide bonds. The monoisotopic (exact) mass is 293 g/mol. The van der Waals surface area contributed by atoms with Crippen molar-refractivity contribution in [1.29, 1.82) is 5.26 Å². The molecule has 0 aromatic heterocycles. The van der Waals surface area contributed by atoms with E-state index in [2.05, 4.69) is 12.2 Å². The van der Waals surface area contributed by atoms with Crippen molar-refractivity contribution < 1.29 is 9.18 Å². The minimum atomic E-state index is -1.06. The van der Waals surface area contributed by atoms with Gasteiger partial charge in [-0.25, -0.2) is 4.39 Å². The van der Waals surface area contributed by atoms with Crippen LogP contribution in [0.1, 0.15) is 45.4 Å². The lowest BCUT2D eigenvalue weighted by atomic mass is 9.96. The van der Waals surface area contributed by atoms with Crippen LogP contribution in [0.5, 0.6) is 0 Å². The molecule has 5 heteroatoms. The number of nitriles is 1. The van der Waals surface area contributed by atoms with E-state index in [0.29, 0.717) is 0 Å². The van der Waals surface area contributed by atoms with E-state index >= 15 is 0 Å². The topological polar surface area (TPSA) is 56.1 Å². The van der Waals surface area contributed by atoms with Crippen molar-refractivity contribution in [1.82, 2.24) is 10.2 Å². The van der Waals surface area contributed by atoms with Crippen molar-refractivity contribution in [3.05, 3.63) is 0 Å². The Bertz CT molecular complexity index is 449. The lowest BCUT2D eigenvalue weighted by molar-refractivity contribution is -0.130. The first-order valence-corrected chi connectivity index (χ1v) is 8.09. The molecule has 1 saturated heterocycles. The number of hydrogen-bond donors (Lipinski definition) is 1. The van der Waals surface area contributed by atoms with Gasteiger partial charge in [-0.1, -0.05) is 19.3 Å². The smallest absolute Gasteiger partial charge is 0.237 e. The lowest BCUT2D eigenvalue weighted by Crippen LogP contribution is -2.48. The van der Waals surface area contributed by atoms with Crippen molar-refractivity contribution in [2.45, 2.75) is 63.2 Å². The molecule has 0 aromatic carbocycles. The molecule has 1 N–H and O–H groups in total. The van der Waals surface area contributed by atoms with E-state index in [0.717, 1.165) is 24.7 Å². The molecule has 0 bridgehead atoms. The number of nitrogens with one attached hydrogen (secondary N) is 1. The third-order valence-electron chi connectivity index (χ3n) is 5.63. The Balaban J connectivity index is 1.53. The van der Waals surface area contributed by atoms with E-state index in [1.165, 1.54) is 24.2 Å². The molecule has 21 heavy (non-hydrogen) atoms. The number of likely N-dealkylation sites (tertiary alicyclic amines) is 1. The second kappa shape index (κ2) is 5.57. The van der Waals surface area contributed by atoms with Gasteiger partial charge in [0, 0.05) is 12.0 Å². The van der Waals surface area contributed by atoms with Gasteiger partial charge in [0.1, 0.15) is 12.2 Å². The number of carbonyl (C=O) groups is 1. The van der Waals surface area contributed by atoms with Crippen LogP contribution >= 0.6 is 0 Å². The fourth-order valence-electron chi connectivity index (χ4n) is 4.61. The first kappa shape index (κ1) is 14.8. The van der Waals surface area contributed by atoms with Crippen molar-refractivity contribution >= 4 is 5.91 Å². The molecule has 3 rings (SSSR count). The molecule has 4 atom stereocenters. The summed E-state index contributed by atoms with van der Waals surface area (Å²) >= 11 is 0. The van der Waals surface area contributed by atoms with Crippen LogP contribution in [0.15, 0.2) is 0 Å². The molecule has 4 nitrogen and oxygen atoms in total. The molecule has 1 heterocycles. The Morgan fingerprint density at radius 3 is 2.71 bits per heavy atom. The molecule has 4 unspecified atom stereocenters. The summed E-state index contributed by atoms with van der Waals surface area (Å²) in [6.07, 6.45) is 5.37. The van der Waals surface area contributed by atoms with E-state index in [9.17, 15) is 9.18 Å². The molecule has 0 aromatic rings. The van der Waals surface area contributed by atoms with Crippen LogP contribution in [0.2, 0.25) is 0 Å². The predicted molar refractivity (Wildman–Crippen MR) is 77.1 cm³/mol. The van der Waals surface area contributed by atoms with Crippen LogP contribution in [0.4, 0.5) is 4.39 Å². The Kier molecular flexibility index (Phi) is 3.92. The zero-order valence-corrected chi connectivity index (χ0v) is 12.6. The highest BCUT2D eigenvalue weighted by molar-refractivity contribution is 5.79. The van der Waals surface area contributed by atoms with Gasteiger partial charge in [-0.3, -0.25) is 4.79 Å². The van der Waals surface area contributed by atoms with Crippen LogP contribution in [-0.2, 0) is 4.79 Å². The minimum Gasteiger partial charge on any atom is -0.323 e. The summed E-state index contributed by atoms with van der Waals surface area (Å²) in [7, 11) is 0. The largest absolute Gasteiger partial charge is 0.323 e. The molecule has 3 fully saturated rings. The second-order valence-corrected chi connectivity index (χ2v) is 7.30. The van der Waals surface area contributed by atoms with Crippen LogP contribution in [-0.4, -0.2) is 41.6 Å². The van der Waals surface area contributed by atoms with Gasteiger partial charge >= 0.3 is 0 Å². The summed E-state index contributed by atoms with van der Waals surface area (Å²) in [5.41, 5.74) is 0.0302. The van der Waals surface area contributed by atoms with Crippen molar-refractivity contribution in [2.24, 2.45) is 11.8 Å². The molecule has 0 radical (unpaired) electrons. The summed E-state index contributed by atoms with van der Waals surface area (Å²) in [5.74, 6) is 1.48. The van der Waals surface area contributed by atoms with Crippen molar-refractivity contribution in [2.75, 3.05) is 13.1 Å². The van der Waals surface area contributed by atoms with Gasteiger partial charge in [-0.05, 0) is 31.6 Å². The number of halogens is 1. The lowest BCUT2D eigenvalue weighted by Gasteiger charge is -2.28. The fraction of sp³-hybridized carbons (Fsp3) is 0.875. The maximum Gasteiger partial charge on any atom is 0.237 e. The summed E-state index contributed by atoms with van der Waals surface area (Å²) in [5, 5.41) is 12.4. The minimum absolute atomic E-state index is 0.0302. The molecule has 116 valence electrons. The van der Waals surface area contributed by atoms with Gasteiger partial charge < -0.3 is 10.2 Å².